The fourth-order valence-electron chi connectivity index (χ4n) is 4.42. The maximum atomic E-state index is 6.60. The number of aromatic nitrogens is 2. The summed E-state index contributed by atoms with van der Waals surface area (Å²) in [5.41, 5.74) is 6.84. The van der Waals surface area contributed by atoms with E-state index in [9.17, 15) is 0 Å². The first kappa shape index (κ1) is 21.3. The molecule has 0 spiro atoms. The molecule has 0 aliphatic heterocycles. The number of rotatable bonds is 4. The van der Waals surface area contributed by atoms with Crippen molar-refractivity contribution in [2.45, 2.75) is 0 Å². The molecular weight excluding hydrogens is 448 g/mol. The number of hydrogen-bond donors (Lipinski definition) is 0. The molecule has 0 amide bonds. The van der Waals surface area contributed by atoms with E-state index >= 15 is 0 Å². The minimum Gasteiger partial charge on any atom is -0.228 e. The molecule has 0 saturated carbocycles. The molecule has 0 N–H and O–H groups in total. The van der Waals surface area contributed by atoms with E-state index in [1.807, 2.05) is 66.7 Å². The van der Waals surface area contributed by atoms with Gasteiger partial charge in [-0.3, -0.25) is 0 Å². The van der Waals surface area contributed by atoms with Crippen LogP contribution in [0.2, 0.25) is 5.02 Å². The second-order valence-corrected chi connectivity index (χ2v) is 8.83. The van der Waals surface area contributed by atoms with Crippen LogP contribution in [-0.2, 0) is 0 Å². The van der Waals surface area contributed by atoms with E-state index < -0.39 is 0 Å². The van der Waals surface area contributed by atoms with Crippen molar-refractivity contribution in [1.82, 2.24) is 9.97 Å². The van der Waals surface area contributed by atoms with Crippen LogP contribution in [0.25, 0.3) is 55.8 Å². The number of hydrogen-bond acceptors (Lipinski definition) is 2. The van der Waals surface area contributed by atoms with Crippen LogP contribution in [0, 0.1) is 0 Å². The van der Waals surface area contributed by atoms with Crippen LogP contribution in [0.4, 0.5) is 0 Å². The van der Waals surface area contributed by atoms with Crippen LogP contribution in [0.15, 0.2) is 127 Å². The van der Waals surface area contributed by atoms with Crippen molar-refractivity contribution in [1.29, 1.82) is 0 Å². The highest BCUT2D eigenvalue weighted by Crippen LogP contribution is 2.37. The minimum atomic E-state index is 0.665. The van der Waals surface area contributed by atoms with Gasteiger partial charge in [-0.15, -0.1) is 0 Å². The molecule has 1 heterocycles. The maximum Gasteiger partial charge on any atom is 0.160 e. The molecule has 0 fully saturated rings. The van der Waals surface area contributed by atoms with E-state index in [2.05, 4.69) is 60.7 Å². The summed E-state index contributed by atoms with van der Waals surface area (Å²) >= 11 is 6.60. The Morgan fingerprint density at radius 2 is 0.943 bits per heavy atom. The van der Waals surface area contributed by atoms with E-state index in [1.165, 1.54) is 10.8 Å². The lowest BCUT2D eigenvalue weighted by Gasteiger charge is -2.15. The molecule has 35 heavy (non-hydrogen) atoms. The van der Waals surface area contributed by atoms with Crippen LogP contribution in [0.1, 0.15) is 0 Å². The van der Waals surface area contributed by atoms with E-state index in [0.717, 1.165) is 39.2 Å². The van der Waals surface area contributed by atoms with E-state index in [0.29, 0.717) is 10.8 Å². The number of benzene rings is 5. The summed E-state index contributed by atoms with van der Waals surface area (Å²) in [4.78, 5) is 10.00. The Morgan fingerprint density at radius 3 is 1.60 bits per heavy atom. The standard InChI is InChI=1S/C32H21ClN2/c33-29-18-10-9-17-26(29)30-21-31(35-32(34-30)23-13-5-2-6-14-23)28-20-25-16-8-7-15-24(25)19-27(28)22-11-3-1-4-12-22/h1-21H. The highest BCUT2D eigenvalue weighted by molar-refractivity contribution is 6.33. The molecule has 3 heteroatoms. The second-order valence-electron chi connectivity index (χ2n) is 8.42. The zero-order chi connectivity index (χ0) is 23.6. The average molecular weight is 469 g/mol. The number of fused-ring (bicyclic) bond motifs is 1. The number of nitrogens with zero attached hydrogens (tertiary/aromatic N) is 2. The lowest BCUT2D eigenvalue weighted by molar-refractivity contribution is 1.18. The molecule has 0 atom stereocenters. The van der Waals surface area contributed by atoms with Gasteiger partial charge in [0.2, 0.25) is 0 Å². The summed E-state index contributed by atoms with van der Waals surface area (Å²) in [5.74, 6) is 0.671. The third-order valence-corrected chi connectivity index (χ3v) is 6.48. The smallest absolute Gasteiger partial charge is 0.160 e. The lowest BCUT2D eigenvalue weighted by atomic mass is 9.93. The molecule has 1 aromatic heterocycles. The first-order chi connectivity index (χ1) is 17.3. The van der Waals surface area contributed by atoms with Gasteiger partial charge in [-0.1, -0.05) is 115 Å². The topological polar surface area (TPSA) is 25.8 Å². The Balaban J connectivity index is 1.66. The molecule has 0 aliphatic carbocycles. The van der Waals surface area contributed by atoms with Crippen LogP contribution in [-0.4, -0.2) is 9.97 Å². The molecule has 0 bridgehead atoms. The molecule has 0 saturated heterocycles. The van der Waals surface area contributed by atoms with Gasteiger partial charge in [0.25, 0.3) is 0 Å². The third-order valence-electron chi connectivity index (χ3n) is 6.15. The van der Waals surface area contributed by atoms with Crippen molar-refractivity contribution in [3.63, 3.8) is 0 Å². The fraction of sp³-hybridized carbons (Fsp3) is 0. The van der Waals surface area contributed by atoms with Crippen molar-refractivity contribution in [2.24, 2.45) is 0 Å². The van der Waals surface area contributed by atoms with Gasteiger partial charge in [-0.05, 0) is 46.2 Å². The highest BCUT2D eigenvalue weighted by Gasteiger charge is 2.16. The molecule has 0 unspecified atom stereocenters. The van der Waals surface area contributed by atoms with Crippen LogP contribution >= 0.6 is 11.6 Å². The zero-order valence-electron chi connectivity index (χ0n) is 18.9. The molecule has 0 aliphatic rings. The van der Waals surface area contributed by atoms with Gasteiger partial charge < -0.3 is 0 Å². The minimum absolute atomic E-state index is 0.665. The highest BCUT2D eigenvalue weighted by atomic mass is 35.5. The van der Waals surface area contributed by atoms with Crippen molar-refractivity contribution in [3.05, 3.63) is 132 Å². The Morgan fingerprint density at radius 1 is 0.429 bits per heavy atom. The largest absolute Gasteiger partial charge is 0.228 e. The Bertz CT molecular complexity index is 1640. The Labute approximate surface area is 209 Å². The molecule has 5 aromatic carbocycles. The van der Waals surface area contributed by atoms with Crippen molar-refractivity contribution in [2.75, 3.05) is 0 Å². The van der Waals surface area contributed by atoms with Gasteiger partial charge >= 0.3 is 0 Å². The predicted molar refractivity (Wildman–Crippen MR) is 146 cm³/mol. The SMILES string of the molecule is Clc1ccccc1-c1cc(-c2cc3ccccc3cc2-c2ccccc2)nc(-c2ccccc2)n1. The van der Waals surface area contributed by atoms with Crippen molar-refractivity contribution in [3.8, 4) is 45.0 Å². The normalized spacial score (nSPS) is 11.0. The quantitative estimate of drug-likeness (QED) is 0.258. The maximum absolute atomic E-state index is 6.60. The van der Waals surface area contributed by atoms with E-state index in [4.69, 9.17) is 21.6 Å². The van der Waals surface area contributed by atoms with Crippen molar-refractivity contribution >= 4 is 22.4 Å². The zero-order valence-corrected chi connectivity index (χ0v) is 19.7. The van der Waals surface area contributed by atoms with Gasteiger partial charge in [-0.2, -0.15) is 0 Å². The fourth-order valence-corrected chi connectivity index (χ4v) is 4.65. The average Bonchev–Trinajstić information content (AvgIpc) is 2.93. The molecular formula is C32H21ClN2. The van der Waals surface area contributed by atoms with Crippen LogP contribution in [0.5, 0.6) is 0 Å². The first-order valence-corrected chi connectivity index (χ1v) is 11.9. The van der Waals surface area contributed by atoms with Gasteiger partial charge in [0, 0.05) is 21.7 Å². The molecule has 6 rings (SSSR count). The van der Waals surface area contributed by atoms with E-state index in [-0.39, 0.29) is 0 Å². The lowest BCUT2D eigenvalue weighted by Crippen LogP contribution is -1.97. The van der Waals surface area contributed by atoms with Gasteiger partial charge in [-0.25, -0.2) is 9.97 Å². The molecule has 166 valence electrons. The molecule has 0 radical (unpaired) electrons. The summed E-state index contributed by atoms with van der Waals surface area (Å²) in [7, 11) is 0. The third kappa shape index (κ3) is 4.21. The number of halogens is 1. The van der Waals surface area contributed by atoms with Crippen LogP contribution < -0.4 is 0 Å². The Kier molecular flexibility index (Phi) is 5.57. The van der Waals surface area contributed by atoms with Crippen molar-refractivity contribution < 1.29 is 0 Å². The van der Waals surface area contributed by atoms with Gasteiger partial charge in [0.15, 0.2) is 5.82 Å². The first-order valence-electron chi connectivity index (χ1n) is 11.5. The summed E-state index contributed by atoms with van der Waals surface area (Å²) in [5, 5.41) is 3.03. The van der Waals surface area contributed by atoms with Crippen LogP contribution in [0.3, 0.4) is 0 Å². The van der Waals surface area contributed by atoms with Gasteiger partial charge in [0.05, 0.1) is 11.4 Å². The molecule has 2 nitrogen and oxygen atoms in total. The summed E-state index contributed by atoms with van der Waals surface area (Å²) in [6, 6.07) is 43.3. The summed E-state index contributed by atoms with van der Waals surface area (Å²) in [6.07, 6.45) is 0. The van der Waals surface area contributed by atoms with Gasteiger partial charge in [0.1, 0.15) is 0 Å². The second kappa shape index (κ2) is 9.17. The summed E-state index contributed by atoms with van der Waals surface area (Å²) < 4.78 is 0. The van der Waals surface area contributed by atoms with E-state index in [1.54, 1.807) is 0 Å². The molecule has 6 aromatic rings. The summed E-state index contributed by atoms with van der Waals surface area (Å²) in [6.45, 7) is 0. The Hall–Kier alpha value is -4.27. The predicted octanol–water partition coefficient (Wildman–Crippen LogP) is 8.95. The monoisotopic (exact) mass is 468 g/mol.